The van der Waals surface area contributed by atoms with Crippen LogP contribution in [0.1, 0.15) is 43.6 Å². The van der Waals surface area contributed by atoms with Crippen LogP contribution in [0.15, 0.2) is 58.2 Å². The minimum atomic E-state index is -0.383. The van der Waals surface area contributed by atoms with Crippen LogP contribution in [0.2, 0.25) is 0 Å². The van der Waals surface area contributed by atoms with Gasteiger partial charge in [0.15, 0.2) is 0 Å². The van der Waals surface area contributed by atoms with E-state index in [2.05, 4.69) is 44.1 Å². The summed E-state index contributed by atoms with van der Waals surface area (Å²) < 4.78 is 5.53. The minimum absolute atomic E-state index is 0.315. The zero-order chi connectivity index (χ0) is 23.3. The van der Waals surface area contributed by atoms with Crippen molar-refractivity contribution < 1.29 is 14.0 Å². The van der Waals surface area contributed by atoms with E-state index in [4.69, 9.17) is 4.42 Å². The summed E-state index contributed by atoms with van der Waals surface area (Å²) in [5.41, 5.74) is 1.76. The van der Waals surface area contributed by atoms with Crippen LogP contribution >= 0.6 is 11.8 Å². The number of allylic oxidation sites excluding steroid dienone is 3. The van der Waals surface area contributed by atoms with Gasteiger partial charge in [-0.05, 0) is 74.1 Å². The SMILES string of the molecule is O=C1NC(=O)/C(=C/c2ccnc(NC3CCC(NCC4C=C(c5ccco5)C=CC4)CC3)n2)S1. The van der Waals surface area contributed by atoms with Crippen molar-refractivity contribution >= 4 is 40.5 Å². The Hall–Kier alpha value is -3.17. The van der Waals surface area contributed by atoms with Crippen LogP contribution in [0.3, 0.4) is 0 Å². The number of anilines is 1. The Morgan fingerprint density at radius 1 is 1.18 bits per heavy atom. The van der Waals surface area contributed by atoms with Crippen molar-refractivity contribution in [3.63, 3.8) is 0 Å². The molecule has 1 atom stereocenters. The van der Waals surface area contributed by atoms with Crippen molar-refractivity contribution in [3.05, 3.63) is 65.2 Å². The Balaban J connectivity index is 1.09. The Morgan fingerprint density at radius 2 is 2.03 bits per heavy atom. The summed E-state index contributed by atoms with van der Waals surface area (Å²) in [5, 5.41) is 9.08. The highest BCUT2D eigenvalue weighted by Gasteiger charge is 2.25. The van der Waals surface area contributed by atoms with E-state index in [-0.39, 0.29) is 11.1 Å². The molecular formula is C25H27N5O3S. The van der Waals surface area contributed by atoms with Crippen LogP contribution in [0.25, 0.3) is 11.6 Å². The summed E-state index contributed by atoms with van der Waals surface area (Å²) in [6, 6.07) is 6.47. The summed E-state index contributed by atoms with van der Waals surface area (Å²) >= 11 is 0.886. The molecule has 1 saturated carbocycles. The summed E-state index contributed by atoms with van der Waals surface area (Å²) in [6.07, 6.45) is 17.0. The molecule has 5 rings (SSSR count). The van der Waals surface area contributed by atoms with E-state index in [9.17, 15) is 9.59 Å². The van der Waals surface area contributed by atoms with Crippen molar-refractivity contribution in [2.24, 2.45) is 5.92 Å². The molecule has 3 heterocycles. The third kappa shape index (κ3) is 5.66. The highest BCUT2D eigenvalue weighted by atomic mass is 32.2. The first-order valence-electron chi connectivity index (χ1n) is 11.6. The van der Waals surface area contributed by atoms with E-state index in [1.54, 1.807) is 24.6 Å². The Kier molecular flexibility index (Phi) is 6.92. The highest BCUT2D eigenvalue weighted by Crippen LogP contribution is 2.27. The molecule has 2 aliphatic carbocycles. The number of hydrogen-bond donors (Lipinski definition) is 3. The van der Waals surface area contributed by atoms with E-state index < -0.39 is 0 Å². The van der Waals surface area contributed by atoms with Gasteiger partial charge in [-0.25, -0.2) is 9.97 Å². The van der Waals surface area contributed by atoms with E-state index in [0.29, 0.717) is 34.5 Å². The standard InChI is InChI=1S/C25H27N5O3S/c31-23-22(34-25(32)30-23)14-20-10-11-26-24(29-20)28-19-8-6-18(7-9-19)27-15-16-3-1-4-17(13-16)21-5-2-12-33-21/h1-2,4-5,10-14,16,18-19,27H,3,6-9,15H2,(H,26,28,29)(H,30,31,32)/b22-14-. The van der Waals surface area contributed by atoms with Crippen LogP contribution in [0.5, 0.6) is 0 Å². The molecule has 2 fully saturated rings. The fraction of sp³-hybridized carbons (Fsp3) is 0.360. The minimum Gasteiger partial charge on any atom is -0.464 e. The first-order valence-corrected chi connectivity index (χ1v) is 12.4. The molecule has 0 bridgehead atoms. The molecule has 2 aromatic rings. The second-order valence-corrected chi connectivity index (χ2v) is 9.77. The van der Waals surface area contributed by atoms with Crippen molar-refractivity contribution in [3.8, 4) is 0 Å². The Bertz CT molecular complexity index is 1130. The number of hydrogen-bond acceptors (Lipinski definition) is 8. The number of aromatic nitrogens is 2. The van der Waals surface area contributed by atoms with Crippen LogP contribution in [-0.2, 0) is 4.79 Å². The summed E-state index contributed by atoms with van der Waals surface area (Å²) in [4.78, 5) is 32.3. The van der Waals surface area contributed by atoms with Crippen molar-refractivity contribution in [1.82, 2.24) is 20.6 Å². The average Bonchev–Trinajstić information content (AvgIpc) is 3.49. The zero-order valence-electron chi connectivity index (χ0n) is 18.7. The van der Waals surface area contributed by atoms with E-state index in [1.807, 2.05) is 12.1 Å². The second-order valence-electron chi connectivity index (χ2n) is 8.76. The molecule has 2 amide bonds. The Labute approximate surface area is 202 Å². The molecule has 0 radical (unpaired) electrons. The van der Waals surface area contributed by atoms with Crippen LogP contribution in [0.4, 0.5) is 10.7 Å². The first kappa shape index (κ1) is 22.6. The van der Waals surface area contributed by atoms with Crippen molar-refractivity contribution in [2.75, 3.05) is 11.9 Å². The fourth-order valence-corrected chi connectivity index (χ4v) is 5.18. The molecule has 176 valence electrons. The predicted octanol–water partition coefficient (Wildman–Crippen LogP) is 4.37. The quantitative estimate of drug-likeness (QED) is 0.505. The van der Waals surface area contributed by atoms with Gasteiger partial charge >= 0.3 is 0 Å². The van der Waals surface area contributed by atoms with Crippen LogP contribution in [0, 0.1) is 5.92 Å². The molecule has 1 saturated heterocycles. The van der Waals surface area contributed by atoms with Crippen LogP contribution < -0.4 is 16.0 Å². The first-order chi connectivity index (χ1) is 16.6. The van der Waals surface area contributed by atoms with Crippen molar-refractivity contribution in [1.29, 1.82) is 0 Å². The van der Waals surface area contributed by atoms with E-state index in [0.717, 1.165) is 61.7 Å². The monoisotopic (exact) mass is 477 g/mol. The molecule has 1 unspecified atom stereocenters. The number of rotatable bonds is 7. The lowest BCUT2D eigenvalue weighted by Crippen LogP contribution is -2.39. The number of carbonyl (C=O) groups is 2. The van der Waals surface area contributed by atoms with Gasteiger partial charge in [0.2, 0.25) is 5.95 Å². The zero-order valence-corrected chi connectivity index (χ0v) is 19.5. The van der Waals surface area contributed by atoms with Gasteiger partial charge < -0.3 is 15.1 Å². The van der Waals surface area contributed by atoms with Crippen LogP contribution in [-0.4, -0.2) is 39.7 Å². The van der Waals surface area contributed by atoms with Gasteiger partial charge in [-0.3, -0.25) is 14.9 Å². The second kappa shape index (κ2) is 10.4. The maximum Gasteiger partial charge on any atom is 0.290 e. The maximum absolute atomic E-state index is 11.7. The topological polar surface area (TPSA) is 109 Å². The van der Waals surface area contributed by atoms with Gasteiger partial charge in [-0.2, -0.15) is 0 Å². The number of carbonyl (C=O) groups excluding carboxylic acids is 2. The van der Waals surface area contributed by atoms with Gasteiger partial charge in [0.05, 0.1) is 16.9 Å². The molecule has 0 spiro atoms. The molecule has 2 aromatic heterocycles. The molecule has 0 aromatic carbocycles. The van der Waals surface area contributed by atoms with E-state index >= 15 is 0 Å². The normalized spacial score (nSPS) is 25.9. The van der Waals surface area contributed by atoms with Gasteiger partial charge in [0.1, 0.15) is 5.76 Å². The molecular weight excluding hydrogens is 450 g/mol. The summed E-state index contributed by atoms with van der Waals surface area (Å²) in [6.45, 7) is 0.964. The number of furan rings is 1. The lowest BCUT2D eigenvalue weighted by atomic mass is 9.90. The average molecular weight is 478 g/mol. The summed E-state index contributed by atoms with van der Waals surface area (Å²) in [5.74, 6) is 1.56. The van der Waals surface area contributed by atoms with Crippen molar-refractivity contribution in [2.45, 2.75) is 44.2 Å². The predicted molar refractivity (Wildman–Crippen MR) is 133 cm³/mol. The van der Waals surface area contributed by atoms with Gasteiger partial charge in [0, 0.05) is 30.4 Å². The van der Waals surface area contributed by atoms with E-state index in [1.165, 1.54) is 0 Å². The largest absolute Gasteiger partial charge is 0.464 e. The summed E-state index contributed by atoms with van der Waals surface area (Å²) in [7, 11) is 0. The third-order valence-corrected chi connectivity index (χ3v) is 7.10. The molecule has 1 aliphatic heterocycles. The van der Waals surface area contributed by atoms with Gasteiger partial charge in [-0.15, -0.1) is 0 Å². The van der Waals surface area contributed by atoms with Gasteiger partial charge in [-0.1, -0.05) is 18.2 Å². The lowest BCUT2D eigenvalue weighted by Gasteiger charge is -2.31. The number of nitrogens with zero attached hydrogens (tertiary/aromatic N) is 2. The third-order valence-electron chi connectivity index (χ3n) is 6.28. The lowest BCUT2D eigenvalue weighted by molar-refractivity contribution is -0.115. The molecule has 3 aliphatic rings. The number of amides is 2. The molecule has 8 nitrogen and oxygen atoms in total. The Morgan fingerprint density at radius 3 is 2.79 bits per heavy atom. The number of nitrogens with one attached hydrogen (secondary N) is 3. The van der Waals surface area contributed by atoms with Gasteiger partial charge in [0.25, 0.3) is 11.1 Å². The maximum atomic E-state index is 11.7. The molecule has 9 heteroatoms. The smallest absolute Gasteiger partial charge is 0.290 e. The highest BCUT2D eigenvalue weighted by molar-refractivity contribution is 8.18. The molecule has 3 N–H and O–H groups in total. The molecule has 34 heavy (non-hydrogen) atoms. The number of imide groups is 1. The number of thioether (sulfide) groups is 1. The fourth-order valence-electron chi connectivity index (χ4n) is 4.52.